The van der Waals surface area contributed by atoms with Crippen LogP contribution in [-0.4, -0.2) is 9.67 Å². The third-order valence-corrected chi connectivity index (χ3v) is 1.62. The van der Waals surface area contributed by atoms with Crippen molar-refractivity contribution < 1.29 is 5.11 Å². The molecular weight excluding hydrogens is 138 g/mol. The molecule has 1 heterocycles. The van der Waals surface area contributed by atoms with Gasteiger partial charge in [0.25, 0.3) is 0 Å². The second-order valence-corrected chi connectivity index (χ2v) is 2.54. The summed E-state index contributed by atoms with van der Waals surface area (Å²) in [5, 5.41) is 8.81. The molecule has 0 spiro atoms. The van der Waals surface area contributed by atoms with Gasteiger partial charge in [-0.2, -0.15) is 0 Å². The molecule has 0 aliphatic heterocycles. The minimum absolute atomic E-state index is 0.116. The molecule has 0 aliphatic carbocycles. The first kappa shape index (κ1) is 8.08. The van der Waals surface area contributed by atoms with Crippen molar-refractivity contribution in [3.05, 3.63) is 29.6 Å². The van der Waals surface area contributed by atoms with Gasteiger partial charge in [-0.05, 0) is 24.6 Å². The fourth-order valence-electron chi connectivity index (χ4n) is 1.08. The molecule has 2 nitrogen and oxygen atoms in total. The van der Waals surface area contributed by atoms with Crippen LogP contribution in [0.25, 0.3) is 6.08 Å². The Balaban J connectivity index is 2.97. The van der Waals surface area contributed by atoms with Gasteiger partial charge in [0.15, 0.2) is 0 Å². The van der Waals surface area contributed by atoms with E-state index in [-0.39, 0.29) is 6.61 Å². The minimum Gasteiger partial charge on any atom is -0.392 e. The van der Waals surface area contributed by atoms with Crippen LogP contribution in [0, 0.1) is 0 Å². The summed E-state index contributed by atoms with van der Waals surface area (Å²) in [7, 11) is 1.97. The number of aliphatic hydroxyl groups is 1. The number of hydrogen-bond acceptors (Lipinski definition) is 1. The molecule has 0 amide bonds. The Labute approximate surface area is 66.8 Å². The Hall–Kier alpha value is -1.02. The Morgan fingerprint density at radius 1 is 1.64 bits per heavy atom. The maximum atomic E-state index is 8.81. The first-order valence-electron chi connectivity index (χ1n) is 3.66. The Bertz CT molecular complexity index is 261. The van der Waals surface area contributed by atoms with Crippen molar-refractivity contribution in [3.8, 4) is 0 Å². The van der Waals surface area contributed by atoms with Gasteiger partial charge >= 0.3 is 0 Å². The van der Waals surface area contributed by atoms with Gasteiger partial charge in [-0.3, -0.25) is 0 Å². The molecule has 0 aliphatic rings. The highest BCUT2D eigenvalue weighted by atomic mass is 16.3. The number of nitrogens with zero attached hydrogens (tertiary/aromatic N) is 1. The zero-order valence-electron chi connectivity index (χ0n) is 6.91. The number of allylic oxidation sites excluding steroid dienone is 1. The van der Waals surface area contributed by atoms with Gasteiger partial charge in [0.05, 0.1) is 6.61 Å². The predicted molar refractivity (Wildman–Crippen MR) is 46.0 cm³/mol. The number of aryl methyl sites for hydroxylation is 1. The van der Waals surface area contributed by atoms with Gasteiger partial charge in [-0.1, -0.05) is 6.08 Å². The summed E-state index contributed by atoms with van der Waals surface area (Å²) in [6, 6.07) is 1.97. The average Bonchev–Trinajstić information content (AvgIpc) is 2.33. The van der Waals surface area contributed by atoms with E-state index in [9.17, 15) is 0 Å². The average molecular weight is 151 g/mol. The zero-order valence-corrected chi connectivity index (χ0v) is 6.91. The number of rotatable bonds is 2. The molecule has 0 saturated carbocycles. The van der Waals surface area contributed by atoms with Gasteiger partial charge in [0.1, 0.15) is 0 Å². The monoisotopic (exact) mass is 151 g/mol. The van der Waals surface area contributed by atoms with E-state index in [1.807, 2.05) is 43.0 Å². The second-order valence-electron chi connectivity index (χ2n) is 2.54. The van der Waals surface area contributed by atoms with Crippen LogP contribution in [0.15, 0.2) is 18.3 Å². The van der Waals surface area contributed by atoms with Crippen LogP contribution in [0.1, 0.15) is 18.2 Å². The summed E-state index contributed by atoms with van der Waals surface area (Å²) in [5.74, 6) is 0. The molecule has 1 N–H and O–H groups in total. The van der Waals surface area contributed by atoms with Gasteiger partial charge in [0, 0.05) is 18.9 Å². The van der Waals surface area contributed by atoms with Crippen LogP contribution in [0.4, 0.5) is 0 Å². The van der Waals surface area contributed by atoms with Crippen LogP contribution >= 0.6 is 0 Å². The molecule has 1 aromatic rings. The van der Waals surface area contributed by atoms with Crippen molar-refractivity contribution >= 4 is 6.08 Å². The van der Waals surface area contributed by atoms with Crippen LogP contribution in [0.2, 0.25) is 0 Å². The molecule has 0 aromatic carbocycles. The smallest absolute Gasteiger partial charge is 0.0696 e. The fraction of sp³-hybridized carbons (Fsp3) is 0.333. The van der Waals surface area contributed by atoms with E-state index >= 15 is 0 Å². The summed E-state index contributed by atoms with van der Waals surface area (Å²) in [4.78, 5) is 0. The Morgan fingerprint density at radius 3 is 2.82 bits per heavy atom. The van der Waals surface area contributed by atoms with Gasteiger partial charge < -0.3 is 9.67 Å². The lowest BCUT2D eigenvalue weighted by atomic mass is 10.3. The van der Waals surface area contributed by atoms with Gasteiger partial charge in [0.2, 0.25) is 0 Å². The van der Waals surface area contributed by atoms with E-state index < -0.39 is 0 Å². The molecule has 0 unspecified atom stereocenters. The van der Waals surface area contributed by atoms with Gasteiger partial charge in [-0.25, -0.2) is 0 Å². The molecule has 11 heavy (non-hydrogen) atoms. The van der Waals surface area contributed by atoms with Crippen LogP contribution in [-0.2, 0) is 13.7 Å². The summed E-state index contributed by atoms with van der Waals surface area (Å²) in [5.41, 5.74) is 2.08. The molecule has 0 radical (unpaired) electrons. The van der Waals surface area contributed by atoms with E-state index in [0.717, 1.165) is 11.3 Å². The molecule has 60 valence electrons. The van der Waals surface area contributed by atoms with Crippen molar-refractivity contribution in [2.24, 2.45) is 7.05 Å². The summed E-state index contributed by atoms with van der Waals surface area (Å²) in [6.45, 7) is 2.09. The Kier molecular flexibility index (Phi) is 2.49. The summed E-state index contributed by atoms with van der Waals surface area (Å²) in [6.07, 6.45) is 5.92. The van der Waals surface area contributed by atoms with Crippen molar-refractivity contribution in [2.45, 2.75) is 13.5 Å². The van der Waals surface area contributed by atoms with Crippen LogP contribution < -0.4 is 0 Å². The van der Waals surface area contributed by atoms with E-state index in [1.54, 1.807) is 0 Å². The topological polar surface area (TPSA) is 25.2 Å². The third kappa shape index (κ3) is 1.71. The van der Waals surface area contributed by atoms with E-state index in [0.29, 0.717) is 0 Å². The number of aliphatic hydroxyl groups excluding tert-OH is 1. The van der Waals surface area contributed by atoms with Crippen molar-refractivity contribution in [2.75, 3.05) is 0 Å². The van der Waals surface area contributed by atoms with E-state index in [1.165, 1.54) is 0 Å². The van der Waals surface area contributed by atoms with Crippen LogP contribution in [0.3, 0.4) is 0 Å². The van der Waals surface area contributed by atoms with Crippen molar-refractivity contribution in [3.63, 3.8) is 0 Å². The first-order chi connectivity index (χ1) is 5.27. The largest absolute Gasteiger partial charge is 0.392 e. The highest BCUT2D eigenvalue weighted by Gasteiger charge is 1.97. The van der Waals surface area contributed by atoms with Crippen LogP contribution in [0.5, 0.6) is 0 Å². The fourth-order valence-corrected chi connectivity index (χ4v) is 1.08. The quantitative estimate of drug-likeness (QED) is 0.681. The highest BCUT2D eigenvalue weighted by molar-refractivity contribution is 5.46. The van der Waals surface area contributed by atoms with E-state index in [4.69, 9.17) is 5.11 Å². The second kappa shape index (κ2) is 3.39. The Morgan fingerprint density at radius 2 is 2.36 bits per heavy atom. The normalized spacial score (nSPS) is 11.2. The molecule has 2 heteroatoms. The maximum absolute atomic E-state index is 8.81. The molecular formula is C9H13NO. The predicted octanol–water partition coefficient (Wildman–Crippen LogP) is 1.55. The number of hydrogen-bond donors (Lipinski definition) is 1. The SMILES string of the molecule is C/C=C\c1cc(CO)cn1C. The minimum atomic E-state index is 0.116. The summed E-state index contributed by atoms with van der Waals surface area (Å²) >= 11 is 0. The maximum Gasteiger partial charge on any atom is 0.0696 e. The standard InChI is InChI=1S/C9H13NO/c1-3-4-9-5-8(7-11)6-10(9)2/h3-6,11H,7H2,1-2H3/b4-3-. The molecule has 0 saturated heterocycles. The molecule has 1 rings (SSSR count). The molecule has 0 atom stereocenters. The van der Waals surface area contributed by atoms with Gasteiger partial charge in [-0.15, -0.1) is 0 Å². The third-order valence-electron chi connectivity index (χ3n) is 1.62. The zero-order chi connectivity index (χ0) is 8.27. The highest BCUT2D eigenvalue weighted by Crippen LogP contribution is 2.08. The molecule has 0 bridgehead atoms. The lowest BCUT2D eigenvalue weighted by Gasteiger charge is -1.92. The molecule has 1 aromatic heterocycles. The first-order valence-corrected chi connectivity index (χ1v) is 3.66. The summed E-state index contributed by atoms with van der Waals surface area (Å²) < 4.78 is 1.99. The van der Waals surface area contributed by atoms with Crippen molar-refractivity contribution in [1.82, 2.24) is 4.57 Å². The van der Waals surface area contributed by atoms with Crippen molar-refractivity contribution in [1.29, 1.82) is 0 Å². The van der Waals surface area contributed by atoms with E-state index in [2.05, 4.69) is 0 Å². The lowest BCUT2D eigenvalue weighted by molar-refractivity contribution is 0.282. The number of aromatic nitrogens is 1. The molecule has 0 fully saturated rings. The lowest BCUT2D eigenvalue weighted by Crippen LogP contribution is -1.86.